The number of aromatic nitrogens is 2. The highest BCUT2D eigenvalue weighted by Gasteiger charge is 2.38. The van der Waals surface area contributed by atoms with Gasteiger partial charge in [0.15, 0.2) is 5.13 Å². The molecule has 2 N–H and O–H groups in total. The number of hydrogen-bond acceptors (Lipinski definition) is 5. The minimum absolute atomic E-state index is 0.0236. The van der Waals surface area contributed by atoms with E-state index in [2.05, 4.69) is 20.6 Å². The zero-order valence-corrected chi connectivity index (χ0v) is 15.2. The summed E-state index contributed by atoms with van der Waals surface area (Å²) in [6.07, 6.45) is 1.67. The number of anilines is 3. The van der Waals surface area contributed by atoms with Crippen LogP contribution in [-0.2, 0) is 10.2 Å². The summed E-state index contributed by atoms with van der Waals surface area (Å²) in [4.78, 5) is 20.8. The molecule has 3 aromatic rings. The lowest BCUT2D eigenvalue weighted by Gasteiger charge is -2.15. The lowest BCUT2D eigenvalue weighted by Crippen LogP contribution is -2.26. The molecule has 0 saturated heterocycles. The quantitative estimate of drug-likeness (QED) is 0.648. The summed E-state index contributed by atoms with van der Waals surface area (Å²) >= 11 is 7.31. The van der Waals surface area contributed by atoms with Gasteiger partial charge in [-0.3, -0.25) is 4.79 Å². The molecule has 25 heavy (non-hydrogen) atoms. The van der Waals surface area contributed by atoms with Crippen LogP contribution < -0.4 is 10.6 Å². The SMILES string of the molecule is CC1(C)C(=O)Nc2ccc(-c3csc(Nc4ccc(Cl)nc4)n3)cc21. The summed E-state index contributed by atoms with van der Waals surface area (Å²) in [5, 5.41) is 9.35. The maximum absolute atomic E-state index is 12.1. The predicted octanol–water partition coefficient (Wildman–Crippen LogP) is 4.83. The molecule has 0 unspecified atom stereocenters. The summed E-state index contributed by atoms with van der Waals surface area (Å²) in [6, 6.07) is 9.53. The van der Waals surface area contributed by atoms with Crippen molar-refractivity contribution in [3.05, 3.63) is 52.6 Å². The van der Waals surface area contributed by atoms with Gasteiger partial charge in [0.2, 0.25) is 5.91 Å². The maximum atomic E-state index is 12.1. The Hall–Kier alpha value is -2.44. The molecular weight excluding hydrogens is 356 g/mol. The Morgan fingerprint density at radius 3 is 2.84 bits per heavy atom. The van der Waals surface area contributed by atoms with Crippen molar-refractivity contribution in [2.45, 2.75) is 19.3 Å². The smallest absolute Gasteiger partial charge is 0.234 e. The number of carbonyl (C=O) groups is 1. The Morgan fingerprint density at radius 1 is 1.24 bits per heavy atom. The number of thiazole rings is 1. The van der Waals surface area contributed by atoms with Gasteiger partial charge in [-0.15, -0.1) is 11.3 Å². The van der Waals surface area contributed by atoms with Crippen LogP contribution in [0.1, 0.15) is 19.4 Å². The highest BCUT2D eigenvalue weighted by Crippen LogP contribution is 2.40. The molecule has 0 aliphatic carbocycles. The summed E-state index contributed by atoms with van der Waals surface area (Å²) in [7, 11) is 0. The van der Waals surface area contributed by atoms with Crippen molar-refractivity contribution >= 4 is 45.4 Å². The van der Waals surface area contributed by atoms with Crippen LogP contribution in [0.15, 0.2) is 41.9 Å². The number of hydrogen-bond donors (Lipinski definition) is 2. The number of carbonyl (C=O) groups excluding carboxylic acids is 1. The molecule has 0 radical (unpaired) electrons. The third-order valence-corrected chi connectivity index (χ3v) is 5.27. The molecule has 0 fully saturated rings. The molecule has 5 nitrogen and oxygen atoms in total. The first-order valence-electron chi connectivity index (χ1n) is 7.74. The third-order valence-electron chi connectivity index (χ3n) is 4.29. The van der Waals surface area contributed by atoms with E-state index >= 15 is 0 Å². The fourth-order valence-electron chi connectivity index (χ4n) is 2.77. The molecule has 1 amide bonds. The number of amides is 1. The Labute approximate surface area is 154 Å². The van der Waals surface area contributed by atoms with E-state index in [9.17, 15) is 4.79 Å². The van der Waals surface area contributed by atoms with Gasteiger partial charge in [0, 0.05) is 16.6 Å². The minimum atomic E-state index is -0.530. The van der Waals surface area contributed by atoms with Gasteiger partial charge < -0.3 is 10.6 Å². The van der Waals surface area contributed by atoms with Gasteiger partial charge >= 0.3 is 0 Å². The molecule has 126 valence electrons. The first kappa shape index (κ1) is 16.1. The standard InChI is InChI=1S/C18H15ClN4OS/c1-18(2)12-7-10(3-5-13(12)22-16(18)24)14-9-25-17(23-14)21-11-4-6-15(19)20-8-11/h3-9H,1-2H3,(H,21,23)(H,22,24). The number of rotatable bonds is 3. The Kier molecular flexibility index (Phi) is 3.74. The molecule has 1 aromatic carbocycles. The first-order valence-corrected chi connectivity index (χ1v) is 9.00. The summed E-state index contributed by atoms with van der Waals surface area (Å²) in [5.74, 6) is 0.0236. The zero-order valence-electron chi connectivity index (χ0n) is 13.6. The van der Waals surface area contributed by atoms with Gasteiger partial charge in [-0.2, -0.15) is 0 Å². The highest BCUT2D eigenvalue weighted by molar-refractivity contribution is 7.14. The maximum Gasteiger partial charge on any atom is 0.234 e. The van der Waals surface area contributed by atoms with Gasteiger partial charge in [0.05, 0.1) is 23.0 Å². The molecule has 0 bridgehead atoms. The molecule has 0 spiro atoms. The van der Waals surface area contributed by atoms with Crippen molar-refractivity contribution in [3.63, 3.8) is 0 Å². The van der Waals surface area contributed by atoms with Crippen LogP contribution in [0.2, 0.25) is 5.15 Å². The first-order chi connectivity index (χ1) is 11.9. The second-order valence-electron chi connectivity index (χ2n) is 6.37. The second kappa shape index (κ2) is 5.82. The molecular formula is C18H15ClN4OS. The number of pyridine rings is 1. The van der Waals surface area contributed by atoms with E-state index in [4.69, 9.17) is 11.6 Å². The van der Waals surface area contributed by atoms with Crippen LogP contribution >= 0.6 is 22.9 Å². The molecule has 1 aliphatic rings. The number of nitrogens with one attached hydrogen (secondary N) is 2. The van der Waals surface area contributed by atoms with E-state index in [0.717, 1.165) is 33.3 Å². The van der Waals surface area contributed by atoms with Crippen LogP contribution in [0.5, 0.6) is 0 Å². The molecule has 4 rings (SSSR count). The topological polar surface area (TPSA) is 66.9 Å². The molecule has 1 aliphatic heterocycles. The molecule has 3 heterocycles. The van der Waals surface area contributed by atoms with Crippen molar-refractivity contribution in [3.8, 4) is 11.3 Å². The Balaban J connectivity index is 1.62. The van der Waals surface area contributed by atoms with E-state index in [1.807, 2.05) is 43.5 Å². The Morgan fingerprint density at radius 2 is 2.08 bits per heavy atom. The average molecular weight is 371 g/mol. The summed E-state index contributed by atoms with van der Waals surface area (Å²) < 4.78 is 0. The van der Waals surface area contributed by atoms with Crippen molar-refractivity contribution in [2.75, 3.05) is 10.6 Å². The number of fused-ring (bicyclic) bond motifs is 1. The molecule has 0 atom stereocenters. The third kappa shape index (κ3) is 2.88. The van der Waals surface area contributed by atoms with E-state index in [-0.39, 0.29) is 5.91 Å². The van der Waals surface area contributed by atoms with Crippen LogP contribution in [0.25, 0.3) is 11.3 Å². The molecule has 7 heteroatoms. The number of benzene rings is 1. The van der Waals surface area contributed by atoms with E-state index in [1.165, 1.54) is 11.3 Å². The van der Waals surface area contributed by atoms with Crippen LogP contribution in [0.4, 0.5) is 16.5 Å². The lowest BCUT2D eigenvalue weighted by atomic mass is 9.85. The zero-order chi connectivity index (χ0) is 17.6. The largest absolute Gasteiger partial charge is 0.330 e. The van der Waals surface area contributed by atoms with Crippen LogP contribution in [0, 0.1) is 0 Å². The van der Waals surface area contributed by atoms with E-state index in [0.29, 0.717) is 5.15 Å². The monoisotopic (exact) mass is 370 g/mol. The number of halogens is 1. The number of nitrogens with zero attached hydrogens (tertiary/aromatic N) is 2. The highest BCUT2D eigenvalue weighted by atomic mass is 35.5. The van der Waals surface area contributed by atoms with Crippen molar-refractivity contribution in [1.29, 1.82) is 0 Å². The van der Waals surface area contributed by atoms with Gasteiger partial charge in [0.25, 0.3) is 0 Å². The van der Waals surface area contributed by atoms with Gasteiger partial charge in [-0.25, -0.2) is 9.97 Å². The van der Waals surface area contributed by atoms with E-state index < -0.39 is 5.41 Å². The van der Waals surface area contributed by atoms with Crippen molar-refractivity contribution < 1.29 is 4.79 Å². The molecule has 0 saturated carbocycles. The average Bonchev–Trinajstić information content (AvgIpc) is 3.13. The van der Waals surface area contributed by atoms with Crippen LogP contribution in [0.3, 0.4) is 0 Å². The predicted molar refractivity (Wildman–Crippen MR) is 102 cm³/mol. The van der Waals surface area contributed by atoms with Gasteiger partial charge in [-0.1, -0.05) is 17.7 Å². The minimum Gasteiger partial charge on any atom is -0.330 e. The fraction of sp³-hybridized carbons (Fsp3) is 0.167. The summed E-state index contributed by atoms with van der Waals surface area (Å²) in [6.45, 7) is 3.86. The lowest BCUT2D eigenvalue weighted by molar-refractivity contribution is -0.119. The Bertz CT molecular complexity index is 965. The van der Waals surface area contributed by atoms with E-state index in [1.54, 1.807) is 12.3 Å². The summed E-state index contributed by atoms with van der Waals surface area (Å²) in [5.41, 5.74) is 4.03. The van der Waals surface area contributed by atoms with Crippen LogP contribution in [-0.4, -0.2) is 15.9 Å². The molecule has 2 aromatic heterocycles. The second-order valence-corrected chi connectivity index (χ2v) is 7.62. The van der Waals surface area contributed by atoms with Crippen molar-refractivity contribution in [2.24, 2.45) is 0 Å². The van der Waals surface area contributed by atoms with Crippen molar-refractivity contribution in [1.82, 2.24) is 9.97 Å². The van der Waals surface area contributed by atoms with Gasteiger partial charge in [-0.05, 0) is 43.7 Å². The van der Waals surface area contributed by atoms with Gasteiger partial charge in [0.1, 0.15) is 5.15 Å². The fourth-order valence-corrected chi connectivity index (χ4v) is 3.62. The normalized spacial score (nSPS) is 14.9.